The molecule has 1 N–H and O–H groups in total. The summed E-state index contributed by atoms with van der Waals surface area (Å²) < 4.78 is 0. The molecule has 0 aliphatic rings. The highest BCUT2D eigenvalue weighted by molar-refractivity contribution is 5.98. The summed E-state index contributed by atoms with van der Waals surface area (Å²) >= 11 is 0. The van der Waals surface area contributed by atoms with Gasteiger partial charge in [-0.05, 0) is 20.8 Å². The third-order valence-corrected chi connectivity index (χ3v) is 1.89. The lowest BCUT2D eigenvalue weighted by Gasteiger charge is -2.24. The monoisotopic (exact) mass is 201 g/mol. The van der Waals surface area contributed by atoms with Gasteiger partial charge >= 0.3 is 5.97 Å². The predicted octanol–water partition coefficient (Wildman–Crippen LogP) is 0.287. The molecule has 0 spiro atoms. The molecule has 0 fully saturated rings. The van der Waals surface area contributed by atoms with Gasteiger partial charge in [-0.2, -0.15) is 0 Å². The molecule has 0 unspecified atom stereocenters. The maximum absolute atomic E-state index is 11.4. The highest BCUT2D eigenvalue weighted by atomic mass is 16.4. The highest BCUT2D eigenvalue weighted by Crippen LogP contribution is 2.02. The molecule has 0 aliphatic carbocycles. The number of hydrogen-bond donors (Lipinski definition) is 1. The molecule has 0 aromatic heterocycles. The van der Waals surface area contributed by atoms with Crippen molar-refractivity contribution in [3.63, 3.8) is 0 Å². The van der Waals surface area contributed by atoms with Gasteiger partial charge in [-0.25, -0.2) is 4.79 Å². The summed E-state index contributed by atoms with van der Waals surface area (Å²) in [6, 6.07) is -0.883. The molecule has 0 aliphatic heterocycles. The highest BCUT2D eigenvalue weighted by Gasteiger charge is 2.24. The van der Waals surface area contributed by atoms with Gasteiger partial charge < -0.3 is 10.0 Å². The van der Waals surface area contributed by atoms with Gasteiger partial charge in [0.15, 0.2) is 0 Å². The third kappa shape index (κ3) is 3.55. The van der Waals surface area contributed by atoms with Crippen molar-refractivity contribution in [1.29, 1.82) is 0 Å². The average Bonchev–Trinajstić information content (AvgIpc) is 2.03. The molecule has 5 nitrogen and oxygen atoms in total. The summed E-state index contributed by atoms with van der Waals surface area (Å²) in [6.45, 7) is 4.69. The van der Waals surface area contributed by atoms with Crippen molar-refractivity contribution < 1.29 is 19.5 Å². The standard InChI is InChI=1S/C9H15NO4/c1-4-10(7(3)9(13)14)8(12)5-6(2)11/h7H,4-5H2,1-3H3,(H,13,14)/t7-/m0/s1. The van der Waals surface area contributed by atoms with E-state index in [0.717, 1.165) is 0 Å². The second kappa shape index (κ2) is 5.36. The topological polar surface area (TPSA) is 74.7 Å². The van der Waals surface area contributed by atoms with E-state index in [2.05, 4.69) is 0 Å². The number of aliphatic carboxylic acids is 1. The first-order valence-corrected chi connectivity index (χ1v) is 4.41. The van der Waals surface area contributed by atoms with Gasteiger partial charge in [0, 0.05) is 6.54 Å². The Morgan fingerprint density at radius 3 is 2.14 bits per heavy atom. The zero-order valence-corrected chi connectivity index (χ0v) is 8.61. The van der Waals surface area contributed by atoms with E-state index in [1.807, 2.05) is 0 Å². The number of hydrogen-bond acceptors (Lipinski definition) is 3. The van der Waals surface area contributed by atoms with Gasteiger partial charge in [-0.1, -0.05) is 0 Å². The second-order valence-corrected chi connectivity index (χ2v) is 3.07. The van der Waals surface area contributed by atoms with E-state index in [0.29, 0.717) is 6.54 Å². The lowest BCUT2D eigenvalue weighted by molar-refractivity contribution is -0.150. The molecule has 0 bridgehead atoms. The molecular weight excluding hydrogens is 186 g/mol. The molecule has 0 saturated heterocycles. The molecule has 1 amide bonds. The minimum atomic E-state index is -1.07. The smallest absolute Gasteiger partial charge is 0.326 e. The van der Waals surface area contributed by atoms with Gasteiger partial charge in [-0.3, -0.25) is 9.59 Å². The number of carbonyl (C=O) groups is 3. The van der Waals surface area contributed by atoms with E-state index in [9.17, 15) is 14.4 Å². The Labute approximate surface area is 82.7 Å². The van der Waals surface area contributed by atoms with Crippen molar-refractivity contribution in [3.8, 4) is 0 Å². The Bertz CT molecular complexity index is 249. The SMILES string of the molecule is CCN(C(=O)CC(C)=O)[C@@H](C)C(=O)O. The van der Waals surface area contributed by atoms with Crippen LogP contribution in [-0.2, 0) is 14.4 Å². The van der Waals surface area contributed by atoms with E-state index in [4.69, 9.17) is 5.11 Å². The average molecular weight is 201 g/mol. The van der Waals surface area contributed by atoms with Crippen LogP contribution >= 0.6 is 0 Å². The largest absolute Gasteiger partial charge is 0.480 e. The normalized spacial score (nSPS) is 11.9. The van der Waals surface area contributed by atoms with Gasteiger partial charge in [0.1, 0.15) is 11.8 Å². The van der Waals surface area contributed by atoms with E-state index >= 15 is 0 Å². The van der Waals surface area contributed by atoms with Crippen LogP contribution in [0.1, 0.15) is 27.2 Å². The number of nitrogens with zero attached hydrogens (tertiary/aromatic N) is 1. The van der Waals surface area contributed by atoms with Crippen LogP contribution in [0.2, 0.25) is 0 Å². The van der Waals surface area contributed by atoms with Gasteiger partial charge in [0.2, 0.25) is 5.91 Å². The number of rotatable bonds is 5. The maximum atomic E-state index is 11.4. The third-order valence-electron chi connectivity index (χ3n) is 1.89. The molecule has 1 atom stereocenters. The molecule has 0 saturated carbocycles. The first kappa shape index (κ1) is 12.6. The van der Waals surface area contributed by atoms with E-state index in [1.54, 1.807) is 6.92 Å². The van der Waals surface area contributed by atoms with Crippen LogP contribution in [0.15, 0.2) is 0 Å². The van der Waals surface area contributed by atoms with Crippen molar-refractivity contribution in [3.05, 3.63) is 0 Å². The number of likely N-dealkylation sites (N-methyl/N-ethyl adjacent to an activating group) is 1. The fourth-order valence-corrected chi connectivity index (χ4v) is 1.11. The first-order chi connectivity index (χ1) is 6.40. The molecule has 0 rings (SSSR count). The summed E-state index contributed by atoms with van der Waals surface area (Å²) in [5.41, 5.74) is 0. The van der Waals surface area contributed by atoms with Crippen molar-refractivity contribution in [2.45, 2.75) is 33.2 Å². The van der Waals surface area contributed by atoms with E-state index in [-0.39, 0.29) is 12.2 Å². The van der Waals surface area contributed by atoms with Crippen LogP contribution in [-0.4, -0.2) is 40.3 Å². The second-order valence-electron chi connectivity index (χ2n) is 3.07. The maximum Gasteiger partial charge on any atom is 0.326 e. The summed E-state index contributed by atoms with van der Waals surface area (Å²) in [5.74, 6) is -1.76. The number of ketones is 1. The minimum absolute atomic E-state index is 0.231. The number of carboxylic acids is 1. The molecule has 0 heterocycles. The fraction of sp³-hybridized carbons (Fsp3) is 0.667. The summed E-state index contributed by atoms with van der Waals surface area (Å²) in [6.07, 6.45) is -0.231. The Morgan fingerprint density at radius 2 is 1.86 bits per heavy atom. The lowest BCUT2D eigenvalue weighted by Crippen LogP contribution is -2.43. The van der Waals surface area contributed by atoms with Crippen molar-refractivity contribution in [1.82, 2.24) is 4.90 Å². The Hall–Kier alpha value is -1.39. The van der Waals surface area contributed by atoms with E-state index in [1.165, 1.54) is 18.7 Å². The van der Waals surface area contributed by atoms with Crippen LogP contribution in [0, 0.1) is 0 Å². The predicted molar refractivity (Wildman–Crippen MR) is 49.8 cm³/mol. The number of carbonyl (C=O) groups excluding carboxylic acids is 2. The quantitative estimate of drug-likeness (QED) is 0.648. The Kier molecular flexibility index (Phi) is 4.83. The van der Waals surface area contributed by atoms with Crippen LogP contribution < -0.4 is 0 Å². The summed E-state index contributed by atoms with van der Waals surface area (Å²) in [4.78, 5) is 33.8. The van der Waals surface area contributed by atoms with Gasteiger partial charge in [-0.15, -0.1) is 0 Å². The van der Waals surface area contributed by atoms with Crippen molar-refractivity contribution >= 4 is 17.7 Å². The van der Waals surface area contributed by atoms with Gasteiger partial charge in [0.05, 0.1) is 6.42 Å². The van der Waals surface area contributed by atoms with Crippen molar-refractivity contribution in [2.75, 3.05) is 6.54 Å². The van der Waals surface area contributed by atoms with Crippen LogP contribution in [0.25, 0.3) is 0 Å². The Balaban J connectivity index is 4.47. The van der Waals surface area contributed by atoms with Crippen LogP contribution in [0.3, 0.4) is 0 Å². The number of carboxylic acid groups (broad SMARTS) is 1. The van der Waals surface area contributed by atoms with E-state index < -0.39 is 17.9 Å². The molecule has 0 radical (unpaired) electrons. The van der Waals surface area contributed by atoms with Gasteiger partial charge in [0.25, 0.3) is 0 Å². The van der Waals surface area contributed by atoms with Crippen LogP contribution in [0.5, 0.6) is 0 Å². The molecule has 0 aromatic rings. The first-order valence-electron chi connectivity index (χ1n) is 4.41. The van der Waals surface area contributed by atoms with Crippen LogP contribution in [0.4, 0.5) is 0 Å². The summed E-state index contributed by atoms with van der Waals surface area (Å²) in [7, 11) is 0. The molecule has 14 heavy (non-hydrogen) atoms. The molecule has 0 aromatic carbocycles. The zero-order valence-electron chi connectivity index (χ0n) is 8.61. The molecule has 5 heteroatoms. The van der Waals surface area contributed by atoms with Crippen molar-refractivity contribution in [2.24, 2.45) is 0 Å². The summed E-state index contributed by atoms with van der Waals surface area (Å²) in [5, 5.41) is 8.69. The number of amides is 1. The minimum Gasteiger partial charge on any atom is -0.480 e. The fourth-order valence-electron chi connectivity index (χ4n) is 1.11. The number of Topliss-reactive ketones (excluding diaryl/α,β-unsaturated/α-hetero) is 1. The Morgan fingerprint density at radius 1 is 1.36 bits per heavy atom. The lowest BCUT2D eigenvalue weighted by atomic mass is 10.2. The molecule has 80 valence electrons. The zero-order chi connectivity index (χ0) is 11.3. The molecular formula is C9H15NO4.